The molecular weight excluding hydrogens is 336 g/mol. The number of benzene rings is 1. The zero-order chi connectivity index (χ0) is 17.5. The van der Waals surface area contributed by atoms with Crippen LogP contribution in [0.25, 0.3) is 6.08 Å². The van der Waals surface area contributed by atoms with Crippen LogP contribution in [-0.2, 0) is 16.1 Å². The van der Waals surface area contributed by atoms with Crippen LogP contribution in [0.3, 0.4) is 0 Å². The predicted molar refractivity (Wildman–Crippen MR) is 98.6 cm³/mol. The van der Waals surface area contributed by atoms with Crippen molar-refractivity contribution in [2.45, 2.75) is 32.5 Å². The third-order valence-corrected chi connectivity index (χ3v) is 4.69. The number of ether oxygens (including phenoxy) is 2. The number of thiazole rings is 1. The molecule has 1 amide bonds. The van der Waals surface area contributed by atoms with Crippen LogP contribution in [0, 0.1) is 6.92 Å². The first-order valence-corrected chi connectivity index (χ1v) is 9.28. The molecule has 5 nitrogen and oxygen atoms in total. The smallest absolute Gasteiger partial charge is 0.244 e. The van der Waals surface area contributed by atoms with E-state index >= 15 is 0 Å². The number of carbonyl (C=O) groups is 1. The minimum atomic E-state index is -0.111. The average molecular weight is 358 g/mol. The van der Waals surface area contributed by atoms with Crippen LogP contribution in [0.2, 0.25) is 0 Å². The van der Waals surface area contributed by atoms with E-state index in [0.717, 1.165) is 41.5 Å². The van der Waals surface area contributed by atoms with Gasteiger partial charge in [0.1, 0.15) is 12.4 Å². The lowest BCUT2D eigenvalue weighted by Gasteiger charge is -2.09. The summed E-state index contributed by atoms with van der Waals surface area (Å²) in [5.74, 6) is 0.646. The lowest BCUT2D eigenvalue weighted by Crippen LogP contribution is -2.30. The minimum Gasteiger partial charge on any atom is -0.487 e. The summed E-state index contributed by atoms with van der Waals surface area (Å²) in [6.07, 6.45) is 5.57. The summed E-state index contributed by atoms with van der Waals surface area (Å²) >= 11 is 1.61. The van der Waals surface area contributed by atoms with E-state index in [2.05, 4.69) is 10.3 Å². The summed E-state index contributed by atoms with van der Waals surface area (Å²) < 4.78 is 11.2. The monoisotopic (exact) mass is 358 g/mol. The maximum absolute atomic E-state index is 11.9. The number of nitrogens with zero attached hydrogens (tertiary/aromatic N) is 1. The molecule has 0 bridgehead atoms. The van der Waals surface area contributed by atoms with E-state index in [-0.39, 0.29) is 12.0 Å². The van der Waals surface area contributed by atoms with Gasteiger partial charge in [-0.15, -0.1) is 11.3 Å². The average Bonchev–Trinajstić information content (AvgIpc) is 3.28. The van der Waals surface area contributed by atoms with Gasteiger partial charge < -0.3 is 14.8 Å². The first-order chi connectivity index (χ1) is 12.2. The fraction of sp³-hybridized carbons (Fsp3) is 0.368. The van der Waals surface area contributed by atoms with Crippen LogP contribution >= 0.6 is 11.3 Å². The Hall–Kier alpha value is -2.18. The highest BCUT2D eigenvalue weighted by atomic mass is 32.1. The Bertz CT molecular complexity index is 736. The van der Waals surface area contributed by atoms with Gasteiger partial charge in [-0.3, -0.25) is 4.79 Å². The summed E-state index contributed by atoms with van der Waals surface area (Å²) in [6, 6.07) is 7.65. The number of rotatable bonds is 7. The van der Waals surface area contributed by atoms with Crippen molar-refractivity contribution in [3.63, 3.8) is 0 Å². The van der Waals surface area contributed by atoms with Crippen LogP contribution in [0.1, 0.15) is 29.1 Å². The molecular formula is C19H22N2O3S. The van der Waals surface area contributed by atoms with Crippen molar-refractivity contribution in [2.75, 3.05) is 13.2 Å². The molecule has 25 heavy (non-hydrogen) atoms. The molecule has 132 valence electrons. The molecule has 0 spiro atoms. The second kappa shape index (κ2) is 8.78. The van der Waals surface area contributed by atoms with Crippen LogP contribution in [0.5, 0.6) is 5.75 Å². The van der Waals surface area contributed by atoms with E-state index in [4.69, 9.17) is 9.47 Å². The van der Waals surface area contributed by atoms with Crippen LogP contribution in [-0.4, -0.2) is 30.1 Å². The number of hydrogen-bond acceptors (Lipinski definition) is 5. The van der Waals surface area contributed by atoms with E-state index in [9.17, 15) is 4.79 Å². The Balaban J connectivity index is 1.49. The second-order valence-corrected chi connectivity index (χ2v) is 6.99. The van der Waals surface area contributed by atoms with Crippen molar-refractivity contribution in [3.05, 3.63) is 52.0 Å². The zero-order valence-electron chi connectivity index (χ0n) is 14.2. The molecule has 1 aromatic heterocycles. The van der Waals surface area contributed by atoms with Gasteiger partial charge in [-0.05, 0) is 43.5 Å². The van der Waals surface area contributed by atoms with E-state index in [1.165, 1.54) is 6.08 Å². The predicted octanol–water partition coefficient (Wildman–Crippen LogP) is 3.34. The van der Waals surface area contributed by atoms with Crippen molar-refractivity contribution in [1.82, 2.24) is 10.3 Å². The SMILES string of the molecule is Cc1nc(COc2cccc(C=CC(=O)NCC3CCCO3)c2)cs1. The maximum Gasteiger partial charge on any atom is 0.244 e. The quantitative estimate of drug-likeness (QED) is 0.771. The van der Waals surface area contributed by atoms with Gasteiger partial charge in [0, 0.05) is 24.6 Å². The molecule has 1 N–H and O–H groups in total. The molecule has 1 unspecified atom stereocenters. The van der Waals surface area contributed by atoms with Crippen LogP contribution in [0.4, 0.5) is 0 Å². The topological polar surface area (TPSA) is 60.5 Å². The fourth-order valence-electron chi connectivity index (χ4n) is 2.59. The molecule has 1 aromatic carbocycles. The molecule has 0 radical (unpaired) electrons. The van der Waals surface area contributed by atoms with Gasteiger partial charge in [0.25, 0.3) is 0 Å². The fourth-order valence-corrected chi connectivity index (χ4v) is 3.19. The van der Waals surface area contributed by atoms with Crippen molar-refractivity contribution >= 4 is 23.3 Å². The number of nitrogens with one attached hydrogen (secondary N) is 1. The van der Waals surface area contributed by atoms with E-state index in [1.807, 2.05) is 36.6 Å². The molecule has 1 fully saturated rings. The summed E-state index contributed by atoms with van der Waals surface area (Å²) in [5, 5.41) is 5.90. The Labute approximate surface area is 151 Å². The normalized spacial score (nSPS) is 17.1. The highest BCUT2D eigenvalue weighted by Crippen LogP contribution is 2.17. The molecule has 2 aromatic rings. The third-order valence-electron chi connectivity index (χ3n) is 3.87. The highest BCUT2D eigenvalue weighted by molar-refractivity contribution is 7.09. The van der Waals surface area contributed by atoms with E-state index < -0.39 is 0 Å². The van der Waals surface area contributed by atoms with Gasteiger partial charge in [0.05, 0.1) is 16.8 Å². The van der Waals surface area contributed by atoms with Crippen molar-refractivity contribution in [2.24, 2.45) is 0 Å². The van der Waals surface area contributed by atoms with Crippen molar-refractivity contribution < 1.29 is 14.3 Å². The third kappa shape index (κ3) is 5.69. The van der Waals surface area contributed by atoms with Crippen molar-refractivity contribution in [3.8, 4) is 5.75 Å². The van der Waals surface area contributed by atoms with Gasteiger partial charge in [0.15, 0.2) is 0 Å². The molecule has 3 rings (SSSR count). The molecule has 1 saturated heterocycles. The van der Waals surface area contributed by atoms with E-state index in [0.29, 0.717) is 13.2 Å². The molecule has 0 aliphatic carbocycles. The Kier molecular flexibility index (Phi) is 6.19. The number of carbonyl (C=O) groups excluding carboxylic acids is 1. The molecule has 0 saturated carbocycles. The Morgan fingerprint density at radius 1 is 1.52 bits per heavy atom. The number of aryl methyl sites for hydroxylation is 1. The minimum absolute atomic E-state index is 0.111. The number of amides is 1. The lowest BCUT2D eigenvalue weighted by molar-refractivity contribution is -0.116. The summed E-state index contributed by atoms with van der Waals surface area (Å²) in [6.45, 7) is 3.78. The summed E-state index contributed by atoms with van der Waals surface area (Å²) in [4.78, 5) is 16.3. The van der Waals surface area contributed by atoms with Gasteiger partial charge in [-0.25, -0.2) is 4.98 Å². The lowest BCUT2D eigenvalue weighted by atomic mass is 10.2. The van der Waals surface area contributed by atoms with E-state index in [1.54, 1.807) is 17.4 Å². The standard InChI is InChI=1S/C19H22N2O3S/c1-14-21-16(13-25-14)12-24-17-5-2-4-15(10-17)7-8-19(22)20-11-18-6-3-9-23-18/h2,4-5,7-8,10,13,18H,3,6,9,11-12H2,1H3,(H,20,22). The van der Waals surface area contributed by atoms with Gasteiger partial charge >= 0.3 is 0 Å². The van der Waals surface area contributed by atoms with Gasteiger partial charge in [0.2, 0.25) is 5.91 Å². The van der Waals surface area contributed by atoms with Crippen molar-refractivity contribution in [1.29, 1.82) is 0 Å². The van der Waals surface area contributed by atoms with Gasteiger partial charge in [-0.2, -0.15) is 0 Å². The first kappa shape index (κ1) is 17.6. The summed E-state index contributed by atoms with van der Waals surface area (Å²) in [7, 11) is 0. The Morgan fingerprint density at radius 3 is 3.20 bits per heavy atom. The highest BCUT2D eigenvalue weighted by Gasteiger charge is 2.15. The first-order valence-electron chi connectivity index (χ1n) is 8.40. The molecule has 1 aliphatic heterocycles. The maximum atomic E-state index is 11.9. The summed E-state index contributed by atoms with van der Waals surface area (Å²) in [5.41, 5.74) is 1.84. The van der Waals surface area contributed by atoms with Crippen LogP contribution in [0.15, 0.2) is 35.7 Å². The van der Waals surface area contributed by atoms with Gasteiger partial charge in [-0.1, -0.05) is 12.1 Å². The molecule has 1 aliphatic rings. The Morgan fingerprint density at radius 2 is 2.44 bits per heavy atom. The number of aromatic nitrogens is 1. The molecule has 1 atom stereocenters. The zero-order valence-corrected chi connectivity index (χ0v) is 15.1. The number of hydrogen-bond donors (Lipinski definition) is 1. The second-order valence-electron chi connectivity index (χ2n) is 5.93. The van der Waals surface area contributed by atoms with Crippen LogP contribution < -0.4 is 10.1 Å². The largest absolute Gasteiger partial charge is 0.487 e. The molecule has 2 heterocycles. The molecule has 6 heteroatoms.